The summed E-state index contributed by atoms with van der Waals surface area (Å²) in [5, 5.41) is 8.43. The van der Waals surface area contributed by atoms with E-state index in [0.29, 0.717) is 11.3 Å². The third-order valence-corrected chi connectivity index (χ3v) is 2.95. The van der Waals surface area contributed by atoms with Gasteiger partial charge in [-0.2, -0.15) is 5.26 Å². The van der Waals surface area contributed by atoms with Crippen molar-refractivity contribution in [3.05, 3.63) is 71.3 Å². The van der Waals surface area contributed by atoms with Gasteiger partial charge >= 0.3 is 0 Å². The second-order valence-electron chi connectivity index (χ2n) is 4.58. The number of nitriles is 1. The average molecular weight is 277 g/mol. The van der Waals surface area contributed by atoms with Gasteiger partial charge in [0.1, 0.15) is 11.8 Å². The highest BCUT2D eigenvalue weighted by molar-refractivity contribution is 6.06. The molecule has 0 bridgehead atoms. The Kier molecular flexibility index (Phi) is 4.89. The van der Waals surface area contributed by atoms with Gasteiger partial charge in [-0.3, -0.25) is 4.79 Å². The molecule has 2 aromatic rings. The summed E-state index contributed by atoms with van der Waals surface area (Å²) in [6.07, 6.45) is 3.34. The first-order valence-corrected chi connectivity index (χ1v) is 6.58. The highest BCUT2D eigenvalue weighted by atomic mass is 16.5. The molecule has 0 aliphatic heterocycles. The smallest absolute Gasteiger partial charge is 0.185 e. The van der Waals surface area contributed by atoms with Crippen molar-refractivity contribution in [2.75, 3.05) is 6.61 Å². The van der Waals surface area contributed by atoms with Crippen molar-refractivity contribution in [2.45, 2.75) is 6.92 Å². The van der Waals surface area contributed by atoms with Gasteiger partial charge in [-0.15, -0.1) is 0 Å². The average Bonchev–Trinajstić information content (AvgIpc) is 2.52. The molecule has 0 saturated heterocycles. The van der Waals surface area contributed by atoms with Gasteiger partial charge in [0, 0.05) is 5.56 Å². The van der Waals surface area contributed by atoms with Crippen molar-refractivity contribution >= 4 is 11.9 Å². The Labute approximate surface area is 124 Å². The highest BCUT2D eigenvalue weighted by Crippen LogP contribution is 2.13. The SMILES string of the molecule is Cc1ccc(/C=C/C(=O)c2ccc(OCC#N)cc2)cc1. The molecule has 104 valence electrons. The summed E-state index contributed by atoms with van der Waals surface area (Å²) in [6, 6.07) is 16.6. The van der Waals surface area contributed by atoms with E-state index in [1.54, 1.807) is 36.4 Å². The van der Waals surface area contributed by atoms with Gasteiger partial charge in [0.05, 0.1) is 0 Å². The Morgan fingerprint density at radius 1 is 1.14 bits per heavy atom. The standard InChI is InChI=1S/C18H15NO2/c1-14-2-4-15(5-3-14)6-11-18(20)16-7-9-17(10-8-16)21-13-12-19/h2-11H,13H2,1H3/b11-6+. The molecule has 3 heteroatoms. The highest BCUT2D eigenvalue weighted by Gasteiger charge is 2.02. The summed E-state index contributed by atoms with van der Waals surface area (Å²) >= 11 is 0. The Hall–Kier alpha value is -2.86. The summed E-state index contributed by atoms with van der Waals surface area (Å²) in [5.41, 5.74) is 2.76. The molecule has 0 heterocycles. The largest absolute Gasteiger partial charge is 0.479 e. The van der Waals surface area contributed by atoms with Crippen LogP contribution < -0.4 is 4.74 Å². The normalized spacial score (nSPS) is 10.3. The van der Waals surface area contributed by atoms with Crippen LogP contribution in [-0.2, 0) is 0 Å². The molecule has 0 saturated carbocycles. The third-order valence-electron chi connectivity index (χ3n) is 2.95. The van der Waals surface area contributed by atoms with Gasteiger partial charge in [0.2, 0.25) is 0 Å². The second kappa shape index (κ2) is 7.06. The lowest BCUT2D eigenvalue weighted by molar-refractivity contribution is 0.104. The minimum Gasteiger partial charge on any atom is -0.479 e. The molecular formula is C18H15NO2. The third kappa shape index (κ3) is 4.32. The number of hydrogen-bond donors (Lipinski definition) is 0. The zero-order chi connectivity index (χ0) is 15.1. The molecule has 0 aromatic heterocycles. The number of ketones is 1. The van der Waals surface area contributed by atoms with E-state index in [4.69, 9.17) is 10.00 Å². The Morgan fingerprint density at radius 2 is 1.81 bits per heavy atom. The number of rotatable bonds is 5. The van der Waals surface area contributed by atoms with Crippen molar-refractivity contribution in [3.8, 4) is 11.8 Å². The maximum atomic E-state index is 12.0. The fourth-order valence-corrected chi connectivity index (χ4v) is 1.78. The summed E-state index contributed by atoms with van der Waals surface area (Å²) in [4.78, 5) is 12.0. The molecule has 0 atom stereocenters. The molecule has 0 radical (unpaired) electrons. The fourth-order valence-electron chi connectivity index (χ4n) is 1.78. The topological polar surface area (TPSA) is 50.1 Å². The maximum absolute atomic E-state index is 12.0. The summed E-state index contributed by atoms with van der Waals surface area (Å²) < 4.78 is 5.14. The summed E-state index contributed by atoms with van der Waals surface area (Å²) in [6.45, 7) is 2.02. The van der Waals surface area contributed by atoms with Gasteiger partial charge < -0.3 is 4.74 Å². The fraction of sp³-hybridized carbons (Fsp3) is 0.111. The minimum atomic E-state index is -0.0672. The number of benzene rings is 2. The van der Waals surface area contributed by atoms with Crippen molar-refractivity contribution in [2.24, 2.45) is 0 Å². The van der Waals surface area contributed by atoms with Crippen LogP contribution in [0.3, 0.4) is 0 Å². The van der Waals surface area contributed by atoms with E-state index in [1.807, 2.05) is 37.3 Å². The van der Waals surface area contributed by atoms with E-state index in [9.17, 15) is 4.79 Å². The van der Waals surface area contributed by atoms with Crippen LogP contribution in [0.15, 0.2) is 54.6 Å². The van der Waals surface area contributed by atoms with E-state index in [0.717, 1.165) is 5.56 Å². The minimum absolute atomic E-state index is 0.000615. The van der Waals surface area contributed by atoms with Gasteiger partial charge in [-0.1, -0.05) is 35.9 Å². The van der Waals surface area contributed by atoms with Gasteiger partial charge in [0.25, 0.3) is 0 Å². The first-order chi connectivity index (χ1) is 10.2. The van der Waals surface area contributed by atoms with Crippen LogP contribution in [0.5, 0.6) is 5.75 Å². The predicted octanol–water partition coefficient (Wildman–Crippen LogP) is 3.79. The van der Waals surface area contributed by atoms with Crippen LogP contribution in [0.25, 0.3) is 6.08 Å². The van der Waals surface area contributed by atoms with E-state index < -0.39 is 0 Å². The maximum Gasteiger partial charge on any atom is 0.185 e. The molecule has 0 amide bonds. The van der Waals surface area contributed by atoms with E-state index in [-0.39, 0.29) is 12.4 Å². The number of allylic oxidation sites excluding steroid dienone is 1. The molecular weight excluding hydrogens is 262 g/mol. The van der Waals surface area contributed by atoms with Gasteiger partial charge in [-0.25, -0.2) is 0 Å². The Bertz CT molecular complexity index is 677. The van der Waals surface area contributed by atoms with Crippen LogP contribution in [0, 0.1) is 18.3 Å². The number of carbonyl (C=O) groups excluding carboxylic acids is 1. The monoisotopic (exact) mass is 277 g/mol. The molecule has 0 N–H and O–H groups in total. The number of ether oxygens (including phenoxy) is 1. The first-order valence-electron chi connectivity index (χ1n) is 6.58. The van der Waals surface area contributed by atoms with Crippen molar-refractivity contribution in [1.82, 2.24) is 0 Å². The van der Waals surface area contributed by atoms with Gasteiger partial charge in [-0.05, 0) is 42.8 Å². The Morgan fingerprint density at radius 3 is 2.43 bits per heavy atom. The van der Waals surface area contributed by atoms with Crippen LogP contribution in [0.4, 0.5) is 0 Å². The zero-order valence-electron chi connectivity index (χ0n) is 11.7. The molecule has 0 aliphatic carbocycles. The lowest BCUT2D eigenvalue weighted by Crippen LogP contribution is -1.96. The van der Waals surface area contributed by atoms with Crippen LogP contribution in [0.1, 0.15) is 21.5 Å². The molecule has 0 aliphatic rings. The lowest BCUT2D eigenvalue weighted by Gasteiger charge is -2.02. The number of aryl methyl sites for hydroxylation is 1. The van der Waals surface area contributed by atoms with Crippen molar-refractivity contribution < 1.29 is 9.53 Å². The van der Waals surface area contributed by atoms with E-state index in [2.05, 4.69) is 0 Å². The number of hydrogen-bond acceptors (Lipinski definition) is 3. The van der Waals surface area contributed by atoms with Crippen molar-refractivity contribution in [3.63, 3.8) is 0 Å². The summed E-state index contributed by atoms with van der Waals surface area (Å²) in [5.74, 6) is 0.512. The zero-order valence-corrected chi connectivity index (χ0v) is 11.7. The van der Waals surface area contributed by atoms with Crippen LogP contribution >= 0.6 is 0 Å². The van der Waals surface area contributed by atoms with Crippen LogP contribution in [-0.4, -0.2) is 12.4 Å². The molecule has 2 rings (SSSR count). The number of carbonyl (C=O) groups is 1. The number of nitrogens with zero attached hydrogens (tertiary/aromatic N) is 1. The predicted molar refractivity (Wildman–Crippen MR) is 82.1 cm³/mol. The second-order valence-corrected chi connectivity index (χ2v) is 4.58. The Balaban J connectivity index is 2.03. The molecule has 21 heavy (non-hydrogen) atoms. The molecule has 0 spiro atoms. The summed E-state index contributed by atoms with van der Waals surface area (Å²) in [7, 11) is 0. The van der Waals surface area contributed by atoms with Crippen molar-refractivity contribution in [1.29, 1.82) is 5.26 Å². The lowest BCUT2D eigenvalue weighted by atomic mass is 10.1. The van der Waals surface area contributed by atoms with Gasteiger partial charge in [0.15, 0.2) is 12.4 Å². The first kappa shape index (κ1) is 14.5. The molecule has 0 unspecified atom stereocenters. The van der Waals surface area contributed by atoms with E-state index in [1.165, 1.54) is 5.56 Å². The molecule has 3 nitrogen and oxygen atoms in total. The van der Waals surface area contributed by atoms with Crippen LogP contribution in [0.2, 0.25) is 0 Å². The van der Waals surface area contributed by atoms with E-state index >= 15 is 0 Å². The molecule has 0 fully saturated rings. The molecule has 2 aromatic carbocycles. The quantitative estimate of drug-likeness (QED) is 0.617.